The first-order chi connectivity index (χ1) is 12.3. The van der Waals surface area contributed by atoms with E-state index in [9.17, 15) is 0 Å². The van der Waals surface area contributed by atoms with Gasteiger partial charge in [0.15, 0.2) is 5.65 Å². The van der Waals surface area contributed by atoms with Crippen molar-refractivity contribution in [1.29, 1.82) is 0 Å². The molecule has 0 spiro atoms. The Morgan fingerprint density at radius 3 is 2.68 bits per heavy atom. The highest BCUT2D eigenvalue weighted by atomic mass is 15.3. The number of hydrogen-bond donors (Lipinski definition) is 0. The molecule has 1 aliphatic rings. The molecular weight excluding hydrogens is 310 g/mol. The number of fused-ring (bicyclic) bond motifs is 1. The summed E-state index contributed by atoms with van der Waals surface area (Å²) < 4.78 is 0. The highest BCUT2D eigenvalue weighted by Crippen LogP contribution is 2.20. The van der Waals surface area contributed by atoms with Crippen LogP contribution in [0, 0.1) is 0 Å². The Kier molecular flexibility index (Phi) is 4.57. The lowest BCUT2D eigenvalue weighted by Crippen LogP contribution is -2.34. The molecule has 5 nitrogen and oxygen atoms in total. The van der Waals surface area contributed by atoms with Gasteiger partial charge in [-0.3, -0.25) is 9.88 Å². The maximum absolute atomic E-state index is 4.71. The van der Waals surface area contributed by atoms with Crippen LogP contribution in [0.4, 0.5) is 5.82 Å². The SMILES string of the molecule is CC1CCN(c2ccc3nccnc3n2)CCN1Cc1ccccc1. The lowest BCUT2D eigenvalue weighted by Gasteiger charge is -2.26. The number of hydrogen-bond acceptors (Lipinski definition) is 5. The molecule has 4 rings (SSSR count). The van der Waals surface area contributed by atoms with E-state index in [4.69, 9.17) is 4.98 Å². The van der Waals surface area contributed by atoms with Crippen LogP contribution in [0.25, 0.3) is 11.2 Å². The van der Waals surface area contributed by atoms with Crippen molar-refractivity contribution in [2.45, 2.75) is 25.9 Å². The molecule has 0 amide bonds. The fourth-order valence-electron chi connectivity index (χ4n) is 3.41. The first-order valence-electron chi connectivity index (χ1n) is 8.90. The normalized spacial score (nSPS) is 19.1. The average Bonchev–Trinajstić information content (AvgIpc) is 2.84. The van der Waals surface area contributed by atoms with Crippen molar-refractivity contribution in [3.63, 3.8) is 0 Å². The summed E-state index contributed by atoms with van der Waals surface area (Å²) in [7, 11) is 0. The molecule has 0 radical (unpaired) electrons. The Morgan fingerprint density at radius 2 is 1.80 bits per heavy atom. The molecule has 3 aromatic rings. The summed E-state index contributed by atoms with van der Waals surface area (Å²) in [6.45, 7) is 6.37. The molecule has 2 aromatic heterocycles. The molecular formula is C20H23N5. The second kappa shape index (κ2) is 7.15. The van der Waals surface area contributed by atoms with Crippen molar-refractivity contribution in [3.05, 3.63) is 60.4 Å². The summed E-state index contributed by atoms with van der Waals surface area (Å²) in [5.41, 5.74) is 2.94. The molecule has 1 atom stereocenters. The highest BCUT2D eigenvalue weighted by molar-refractivity contribution is 5.71. The van der Waals surface area contributed by atoms with Gasteiger partial charge in [0.25, 0.3) is 0 Å². The second-order valence-electron chi connectivity index (χ2n) is 6.65. The topological polar surface area (TPSA) is 45.2 Å². The zero-order valence-corrected chi connectivity index (χ0v) is 14.5. The lowest BCUT2D eigenvalue weighted by atomic mass is 10.1. The predicted molar refractivity (Wildman–Crippen MR) is 100 cm³/mol. The van der Waals surface area contributed by atoms with Crippen molar-refractivity contribution in [3.8, 4) is 0 Å². The minimum atomic E-state index is 0.561. The number of nitrogens with zero attached hydrogens (tertiary/aromatic N) is 5. The van der Waals surface area contributed by atoms with E-state index in [0.717, 1.165) is 49.6 Å². The van der Waals surface area contributed by atoms with Crippen molar-refractivity contribution in [2.75, 3.05) is 24.5 Å². The number of pyridine rings is 1. The maximum Gasteiger partial charge on any atom is 0.180 e. The van der Waals surface area contributed by atoms with Crippen LogP contribution in [0.5, 0.6) is 0 Å². The van der Waals surface area contributed by atoms with E-state index in [1.165, 1.54) is 5.56 Å². The fraction of sp³-hybridized carbons (Fsp3) is 0.350. The molecule has 0 aliphatic carbocycles. The quantitative estimate of drug-likeness (QED) is 0.737. The monoisotopic (exact) mass is 333 g/mol. The number of benzene rings is 1. The van der Waals surface area contributed by atoms with Crippen LogP contribution < -0.4 is 4.90 Å². The van der Waals surface area contributed by atoms with Crippen molar-refractivity contribution >= 4 is 17.0 Å². The van der Waals surface area contributed by atoms with Crippen LogP contribution in [-0.4, -0.2) is 45.5 Å². The highest BCUT2D eigenvalue weighted by Gasteiger charge is 2.21. The molecule has 0 N–H and O–H groups in total. The van der Waals surface area contributed by atoms with E-state index < -0.39 is 0 Å². The number of rotatable bonds is 3. The molecule has 1 aliphatic heterocycles. The first-order valence-corrected chi connectivity index (χ1v) is 8.90. The molecule has 25 heavy (non-hydrogen) atoms. The molecule has 0 bridgehead atoms. The zero-order valence-electron chi connectivity index (χ0n) is 14.5. The lowest BCUT2D eigenvalue weighted by molar-refractivity contribution is 0.212. The Bertz CT molecular complexity index is 836. The van der Waals surface area contributed by atoms with E-state index in [2.05, 4.69) is 63.1 Å². The summed E-state index contributed by atoms with van der Waals surface area (Å²) in [5.74, 6) is 1.00. The van der Waals surface area contributed by atoms with E-state index in [1.807, 2.05) is 6.07 Å². The van der Waals surface area contributed by atoms with Crippen LogP contribution in [0.3, 0.4) is 0 Å². The molecule has 1 fully saturated rings. The first kappa shape index (κ1) is 16.0. The van der Waals surface area contributed by atoms with E-state index in [1.54, 1.807) is 12.4 Å². The standard InChI is InChI=1S/C20H23N5/c1-16-9-12-24(13-14-25(16)15-17-5-3-2-4-6-17)19-8-7-18-20(23-19)22-11-10-21-18/h2-8,10-11,16H,9,12-15H2,1H3. The third-order valence-electron chi connectivity index (χ3n) is 4.97. The van der Waals surface area contributed by atoms with Gasteiger partial charge in [-0.1, -0.05) is 30.3 Å². The third-order valence-corrected chi connectivity index (χ3v) is 4.97. The summed E-state index contributed by atoms with van der Waals surface area (Å²) in [6, 6.07) is 15.4. The Hall–Kier alpha value is -2.53. The Balaban J connectivity index is 1.49. The molecule has 0 saturated carbocycles. The molecule has 1 unspecified atom stereocenters. The zero-order chi connectivity index (χ0) is 17.1. The van der Waals surface area contributed by atoms with Crippen molar-refractivity contribution < 1.29 is 0 Å². The van der Waals surface area contributed by atoms with Crippen molar-refractivity contribution in [2.24, 2.45) is 0 Å². The van der Waals surface area contributed by atoms with Crippen LogP contribution in [0.2, 0.25) is 0 Å². The number of aromatic nitrogens is 3. The molecule has 3 heterocycles. The number of anilines is 1. The molecule has 5 heteroatoms. The second-order valence-corrected chi connectivity index (χ2v) is 6.65. The van der Waals surface area contributed by atoms with Crippen LogP contribution >= 0.6 is 0 Å². The summed E-state index contributed by atoms with van der Waals surface area (Å²) in [5, 5.41) is 0. The van der Waals surface area contributed by atoms with E-state index in [-0.39, 0.29) is 0 Å². The van der Waals surface area contributed by atoms with Crippen LogP contribution in [0.1, 0.15) is 18.9 Å². The predicted octanol–water partition coefficient (Wildman–Crippen LogP) is 3.13. The van der Waals surface area contributed by atoms with E-state index in [0.29, 0.717) is 6.04 Å². The summed E-state index contributed by atoms with van der Waals surface area (Å²) >= 11 is 0. The summed E-state index contributed by atoms with van der Waals surface area (Å²) in [6.07, 6.45) is 4.54. The van der Waals surface area contributed by atoms with Gasteiger partial charge in [-0.25, -0.2) is 9.97 Å². The van der Waals surface area contributed by atoms with Crippen LogP contribution in [0.15, 0.2) is 54.9 Å². The van der Waals surface area contributed by atoms with E-state index >= 15 is 0 Å². The van der Waals surface area contributed by atoms with Gasteiger partial charge in [0.05, 0.1) is 0 Å². The smallest absolute Gasteiger partial charge is 0.180 e. The van der Waals surface area contributed by atoms with Gasteiger partial charge in [-0.2, -0.15) is 0 Å². The molecule has 1 saturated heterocycles. The van der Waals surface area contributed by atoms with Gasteiger partial charge >= 0.3 is 0 Å². The summed E-state index contributed by atoms with van der Waals surface area (Å²) in [4.78, 5) is 18.3. The average molecular weight is 333 g/mol. The minimum absolute atomic E-state index is 0.561. The van der Waals surface area contributed by atoms with Crippen LogP contribution in [-0.2, 0) is 6.54 Å². The van der Waals surface area contributed by atoms with Gasteiger partial charge in [0, 0.05) is 44.6 Å². The van der Waals surface area contributed by atoms with Gasteiger partial charge in [0.1, 0.15) is 11.3 Å². The fourth-order valence-corrected chi connectivity index (χ4v) is 3.41. The molecule has 1 aromatic carbocycles. The van der Waals surface area contributed by atoms with Gasteiger partial charge in [-0.15, -0.1) is 0 Å². The van der Waals surface area contributed by atoms with Gasteiger partial charge in [-0.05, 0) is 31.0 Å². The molecule has 128 valence electrons. The van der Waals surface area contributed by atoms with Crippen molar-refractivity contribution in [1.82, 2.24) is 19.9 Å². The minimum Gasteiger partial charge on any atom is -0.355 e. The largest absolute Gasteiger partial charge is 0.355 e. The Labute approximate surface area is 148 Å². The maximum atomic E-state index is 4.71. The van der Waals surface area contributed by atoms with Gasteiger partial charge < -0.3 is 4.90 Å². The van der Waals surface area contributed by atoms with Gasteiger partial charge in [0.2, 0.25) is 0 Å². The third kappa shape index (κ3) is 3.61. The Morgan fingerprint density at radius 1 is 0.960 bits per heavy atom.